The molecule has 1 atom stereocenters. The van der Waals surface area contributed by atoms with Crippen LogP contribution in [0.4, 0.5) is 10.5 Å². The third kappa shape index (κ3) is 7.27. The maximum atomic E-state index is 12.0. The van der Waals surface area contributed by atoms with E-state index in [2.05, 4.69) is 22.5 Å². The summed E-state index contributed by atoms with van der Waals surface area (Å²) >= 11 is 0. The summed E-state index contributed by atoms with van der Waals surface area (Å²) in [6.45, 7) is 8.16. The molecular weight excluding hydrogens is 330 g/mol. The maximum Gasteiger partial charge on any atom is 0.330 e. The van der Waals surface area contributed by atoms with Crippen LogP contribution in [0.1, 0.15) is 32.3 Å². The van der Waals surface area contributed by atoms with Gasteiger partial charge >= 0.3 is 12.0 Å². The van der Waals surface area contributed by atoms with Gasteiger partial charge in [-0.15, -0.1) is 0 Å². The van der Waals surface area contributed by atoms with Crippen LogP contribution in [0.25, 0.3) is 6.08 Å². The number of piperidine rings is 1. The van der Waals surface area contributed by atoms with Crippen molar-refractivity contribution in [3.63, 3.8) is 0 Å². The fourth-order valence-electron chi connectivity index (χ4n) is 3.02. The lowest BCUT2D eigenvalue weighted by molar-refractivity contribution is -0.137. The number of esters is 1. The molecule has 1 heterocycles. The van der Waals surface area contributed by atoms with E-state index in [1.807, 2.05) is 12.1 Å². The molecule has 1 aliphatic heterocycles. The molecule has 0 saturated carbocycles. The van der Waals surface area contributed by atoms with Crippen molar-refractivity contribution in [2.24, 2.45) is 5.92 Å². The van der Waals surface area contributed by atoms with Crippen molar-refractivity contribution in [3.05, 3.63) is 35.9 Å². The highest BCUT2D eigenvalue weighted by atomic mass is 16.5. The van der Waals surface area contributed by atoms with Gasteiger partial charge < -0.3 is 20.3 Å². The minimum Gasteiger partial charge on any atom is -0.463 e. The molecule has 6 heteroatoms. The zero-order valence-corrected chi connectivity index (χ0v) is 15.7. The van der Waals surface area contributed by atoms with Crippen LogP contribution < -0.4 is 10.6 Å². The van der Waals surface area contributed by atoms with Crippen LogP contribution in [0.5, 0.6) is 0 Å². The monoisotopic (exact) mass is 359 g/mol. The van der Waals surface area contributed by atoms with Crippen LogP contribution in [0.3, 0.4) is 0 Å². The van der Waals surface area contributed by atoms with Gasteiger partial charge in [-0.05, 0) is 56.0 Å². The zero-order valence-electron chi connectivity index (χ0n) is 15.7. The largest absolute Gasteiger partial charge is 0.463 e. The Balaban J connectivity index is 1.70. The van der Waals surface area contributed by atoms with Gasteiger partial charge in [-0.1, -0.05) is 19.1 Å². The number of likely N-dealkylation sites (tertiary alicyclic amines) is 1. The van der Waals surface area contributed by atoms with Crippen molar-refractivity contribution in [1.29, 1.82) is 0 Å². The number of amides is 2. The van der Waals surface area contributed by atoms with E-state index in [0.29, 0.717) is 18.8 Å². The van der Waals surface area contributed by atoms with Crippen molar-refractivity contribution in [1.82, 2.24) is 10.2 Å². The zero-order chi connectivity index (χ0) is 18.8. The van der Waals surface area contributed by atoms with Gasteiger partial charge in [0.1, 0.15) is 0 Å². The Bertz CT molecular complexity index is 613. The smallest absolute Gasteiger partial charge is 0.330 e. The Labute approximate surface area is 155 Å². The van der Waals surface area contributed by atoms with Crippen LogP contribution in [-0.2, 0) is 9.53 Å². The van der Waals surface area contributed by atoms with Gasteiger partial charge in [0.2, 0.25) is 0 Å². The topological polar surface area (TPSA) is 70.7 Å². The number of ether oxygens (including phenoxy) is 1. The number of hydrogen-bond donors (Lipinski definition) is 2. The molecule has 6 nitrogen and oxygen atoms in total. The number of nitrogens with zero attached hydrogens (tertiary/aromatic N) is 1. The average Bonchev–Trinajstić information content (AvgIpc) is 2.61. The van der Waals surface area contributed by atoms with Crippen molar-refractivity contribution in [2.75, 3.05) is 38.1 Å². The molecule has 2 rings (SSSR count). The molecule has 1 aromatic carbocycles. The van der Waals surface area contributed by atoms with E-state index in [4.69, 9.17) is 4.74 Å². The third-order valence-electron chi connectivity index (χ3n) is 4.32. The molecule has 0 aromatic heterocycles. The highest BCUT2D eigenvalue weighted by Crippen LogP contribution is 2.14. The molecule has 1 aromatic rings. The summed E-state index contributed by atoms with van der Waals surface area (Å²) in [4.78, 5) is 25.7. The number of rotatable bonds is 7. The van der Waals surface area contributed by atoms with E-state index in [1.165, 1.54) is 18.9 Å². The second kappa shape index (κ2) is 10.6. The van der Waals surface area contributed by atoms with Crippen LogP contribution in [0.2, 0.25) is 0 Å². The van der Waals surface area contributed by atoms with Gasteiger partial charge in [0.05, 0.1) is 6.61 Å². The molecule has 0 bridgehead atoms. The fraction of sp³-hybridized carbons (Fsp3) is 0.500. The third-order valence-corrected chi connectivity index (χ3v) is 4.32. The summed E-state index contributed by atoms with van der Waals surface area (Å²) in [5.41, 5.74) is 1.57. The standard InChI is InChI=1S/C20H29N3O3/c1-3-26-19(24)11-8-17-6-9-18(10-7-17)22-20(25)21-12-14-23-13-4-5-16(2)15-23/h6-11,16H,3-5,12-15H2,1-2H3,(H2,21,22,25)/b11-8-/t16-/m1/s1. The van der Waals surface area contributed by atoms with Gasteiger partial charge in [0, 0.05) is 31.4 Å². The van der Waals surface area contributed by atoms with Crippen LogP contribution in [0.15, 0.2) is 30.3 Å². The summed E-state index contributed by atoms with van der Waals surface area (Å²) < 4.78 is 4.83. The van der Waals surface area contributed by atoms with Gasteiger partial charge in [0.25, 0.3) is 0 Å². The predicted octanol–water partition coefficient (Wildman–Crippen LogP) is 3.12. The molecule has 0 radical (unpaired) electrons. The first kappa shape index (κ1) is 20.0. The second-order valence-corrected chi connectivity index (χ2v) is 6.64. The molecule has 1 saturated heterocycles. The highest BCUT2D eigenvalue weighted by Gasteiger charge is 2.15. The highest BCUT2D eigenvalue weighted by molar-refractivity contribution is 5.90. The number of nitrogens with one attached hydrogen (secondary N) is 2. The Morgan fingerprint density at radius 3 is 2.77 bits per heavy atom. The summed E-state index contributed by atoms with van der Waals surface area (Å²) in [7, 11) is 0. The van der Waals surface area contributed by atoms with Crippen molar-refractivity contribution >= 4 is 23.8 Å². The van der Waals surface area contributed by atoms with Crippen LogP contribution in [-0.4, -0.2) is 49.7 Å². The Kier molecular flexibility index (Phi) is 8.15. The normalized spacial score (nSPS) is 17.8. The summed E-state index contributed by atoms with van der Waals surface area (Å²) in [6.07, 6.45) is 5.61. The summed E-state index contributed by atoms with van der Waals surface area (Å²) in [6, 6.07) is 7.07. The number of anilines is 1. The van der Waals surface area contributed by atoms with E-state index in [0.717, 1.165) is 31.1 Å². The quantitative estimate of drug-likeness (QED) is 0.580. The summed E-state index contributed by atoms with van der Waals surface area (Å²) in [5.74, 6) is 0.381. The number of hydrogen-bond acceptors (Lipinski definition) is 4. The molecule has 0 unspecified atom stereocenters. The minimum absolute atomic E-state index is 0.204. The lowest BCUT2D eigenvalue weighted by atomic mass is 10.0. The van der Waals surface area contributed by atoms with Crippen molar-refractivity contribution in [2.45, 2.75) is 26.7 Å². The van der Waals surface area contributed by atoms with E-state index in [-0.39, 0.29) is 12.0 Å². The van der Waals surface area contributed by atoms with E-state index in [1.54, 1.807) is 25.1 Å². The molecule has 1 aliphatic rings. The molecular formula is C20H29N3O3. The molecule has 0 spiro atoms. The van der Waals surface area contributed by atoms with Crippen LogP contribution >= 0.6 is 0 Å². The summed E-state index contributed by atoms with van der Waals surface area (Å²) in [5, 5.41) is 5.71. The predicted molar refractivity (Wildman–Crippen MR) is 104 cm³/mol. The van der Waals surface area contributed by atoms with Crippen molar-refractivity contribution in [3.8, 4) is 0 Å². The average molecular weight is 359 g/mol. The Morgan fingerprint density at radius 2 is 2.08 bits per heavy atom. The SMILES string of the molecule is CCOC(=O)/C=C\c1ccc(NC(=O)NCCN2CCC[C@@H](C)C2)cc1. The number of urea groups is 1. The van der Waals surface area contributed by atoms with E-state index < -0.39 is 0 Å². The first-order chi connectivity index (χ1) is 12.6. The molecule has 142 valence electrons. The molecule has 26 heavy (non-hydrogen) atoms. The maximum absolute atomic E-state index is 12.0. The molecule has 0 aliphatic carbocycles. The van der Waals surface area contributed by atoms with E-state index >= 15 is 0 Å². The molecule has 2 N–H and O–H groups in total. The van der Waals surface area contributed by atoms with Gasteiger partial charge in [-0.25, -0.2) is 9.59 Å². The number of carbonyl (C=O) groups is 2. The lowest BCUT2D eigenvalue weighted by Crippen LogP contribution is -2.41. The number of carbonyl (C=O) groups excluding carboxylic acids is 2. The van der Waals surface area contributed by atoms with Crippen molar-refractivity contribution < 1.29 is 14.3 Å². The fourth-order valence-corrected chi connectivity index (χ4v) is 3.02. The number of benzene rings is 1. The van der Waals surface area contributed by atoms with Gasteiger partial charge in [0.15, 0.2) is 0 Å². The van der Waals surface area contributed by atoms with Gasteiger partial charge in [-0.3, -0.25) is 0 Å². The first-order valence-electron chi connectivity index (χ1n) is 9.29. The van der Waals surface area contributed by atoms with Gasteiger partial charge in [-0.2, -0.15) is 0 Å². The van der Waals surface area contributed by atoms with E-state index in [9.17, 15) is 9.59 Å². The Hall–Kier alpha value is -2.34. The first-order valence-corrected chi connectivity index (χ1v) is 9.29. The molecule has 2 amide bonds. The molecule has 1 fully saturated rings. The lowest BCUT2D eigenvalue weighted by Gasteiger charge is -2.30. The Morgan fingerprint density at radius 1 is 1.31 bits per heavy atom. The van der Waals surface area contributed by atoms with Crippen LogP contribution in [0, 0.1) is 5.92 Å². The second-order valence-electron chi connectivity index (χ2n) is 6.64. The minimum atomic E-state index is -0.364.